The Hall–Kier alpha value is -1.69. The molecule has 6 nitrogen and oxygen atoms in total. The number of methoxy groups -OCH3 is 1. The summed E-state index contributed by atoms with van der Waals surface area (Å²) in [5.41, 5.74) is -0.782. The zero-order valence-electron chi connectivity index (χ0n) is 6.90. The minimum atomic E-state index is -1.23. The van der Waals surface area contributed by atoms with Gasteiger partial charge in [0, 0.05) is 13.2 Å². The molecule has 0 amide bonds. The summed E-state index contributed by atoms with van der Waals surface area (Å²) in [7, 11) is 1.42. The minimum absolute atomic E-state index is 0.0797. The average molecular weight is 184 g/mol. The van der Waals surface area contributed by atoms with Gasteiger partial charge in [-0.05, 0) is 0 Å². The molecule has 1 aromatic rings. The third-order valence-corrected chi connectivity index (χ3v) is 1.29. The van der Waals surface area contributed by atoms with Gasteiger partial charge in [-0.2, -0.15) is 0 Å². The van der Waals surface area contributed by atoms with Gasteiger partial charge in [-0.3, -0.25) is 4.79 Å². The highest BCUT2D eigenvalue weighted by Gasteiger charge is 2.07. The second-order valence-electron chi connectivity index (χ2n) is 2.32. The van der Waals surface area contributed by atoms with Crippen LogP contribution in [0.5, 0.6) is 0 Å². The van der Waals surface area contributed by atoms with Crippen LogP contribution in [0.4, 0.5) is 0 Å². The highest BCUT2D eigenvalue weighted by Crippen LogP contribution is 1.93. The molecule has 0 fully saturated rings. The first-order valence-corrected chi connectivity index (χ1v) is 3.46. The molecule has 0 spiro atoms. The van der Waals surface area contributed by atoms with Crippen LogP contribution in [0.25, 0.3) is 0 Å². The molecule has 0 saturated carbocycles. The first-order chi connectivity index (χ1) is 6.13. The van der Waals surface area contributed by atoms with Gasteiger partial charge in [0.15, 0.2) is 5.69 Å². The summed E-state index contributed by atoms with van der Waals surface area (Å²) in [6.07, 6.45) is 0. The molecule has 0 radical (unpaired) electrons. The molecule has 1 rings (SSSR count). The SMILES string of the molecule is COCc1nc(C(=O)O)cc(=O)[nH]1. The summed E-state index contributed by atoms with van der Waals surface area (Å²) in [6, 6.07) is 0.918. The third kappa shape index (κ3) is 2.38. The molecule has 6 heteroatoms. The summed E-state index contributed by atoms with van der Waals surface area (Å²) in [4.78, 5) is 27.3. The molecule has 0 aliphatic rings. The first kappa shape index (κ1) is 9.40. The average Bonchev–Trinajstić information content (AvgIpc) is 2.03. The van der Waals surface area contributed by atoms with E-state index in [9.17, 15) is 9.59 Å². The second-order valence-corrected chi connectivity index (χ2v) is 2.32. The molecular formula is C7H8N2O4. The fourth-order valence-corrected chi connectivity index (χ4v) is 0.823. The van der Waals surface area contributed by atoms with Gasteiger partial charge in [0.1, 0.15) is 12.4 Å². The largest absolute Gasteiger partial charge is 0.477 e. The van der Waals surface area contributed by atoms with Gasteiger partial charge in [-0.1, -0.05) is 0 Å². The number of carboxylic acids is 1. The standard InChI is InChI=1S/C7H8N2O4/c1-13-3-5-8-4(7(11)12)2-6(10)9-5/h2H,3H2,1H3,(H,11,12)(H,8,9,10). The number of hydrogen-bond acceptors (Lipinski definition) is 4. The number of aromatic amines is 1. The summed E-state index contributed by atoms with van der Waals surface area (Å²) < 4.78 is 4.69. The van der Waals surface area contributed by atoms with Crippen LogP contribution < -0.4 is 5.56 Å². The Bertz CT molecular complexity index is 371. The number of nitrogens with zero attached hydrogens (tertiary/aromatic N) is 1. The van der Waals surface area contributed by atoms with Crippen LogP contribution in [0.1, 0.15) is 16.3 Å². The Morgan fingerprint density at radius 3 is 3.00 bits per heavy atom. The number of rotatable bonds is 3. The number of H-pyrrole nitrogens is 1. The van der Waals surface area contributed by atoms with E-state index in [2.05, 4.69) is 9.97 Å². The van der Waals surface area contributed by atoms with Crippen molar-refractivity contribution in [3.05, 3.63) is 27.9 Å². The molecule has 1 heterocycles. The third-order valence-electron chi connectivity index (χ3n) is 1.29. The van der Waals surface area contributed by atoms with Crippen molar-refractivity contribution in [3.63, 3.8) is 0 Å². The Kier molecular flexibility index (Phi) is 2.76. The molecule has 0 aromatic carbocycles. The molecular weight excluding hydrogens is 176 g/mol. The molecule has 0 saturated heterocycles. The Morgan fingerprint density at radius 2 is 2.46 bits per heavy atom. The van der Waals surface area contributed by atoms with Gasteiger partial charge in [0.2, 0.25) is 0 Å². The number of carboxylic acid groups (broad SMARTS) is 1. The summed E-state index contributed by atoms with van der Waals surface area (Å²) >= 11 is 0. The lowest BCUT2D eigenvalue weighted by molar-refractivity contribution is 0.0688. The van der Waals surface area contributed by atoms with Gasteiger partial charge in [-0.25, -0.2) is 9.78 Å². The van der Waals surface area contributed by atoms with E-state index in [1.54, 1.807) is 0 Å². The Balaban J connectivity index is 3.11. The van der Waals surface area contributed by atoms with Crippen molar-refractivity contribution in [3.8, 4) is 0 Å². The lowest BCUT2D eigenvalue weighted by atomic mass is 10.4. The predicted molar refractivity (Wildman–Crippen MR) is 42.5 cm³/mol. The van der Waals surface area contributed by atoms with Crippen LogP contribution in [-0.4, -0.2) is 28.2 Å². The lowest BCUT2D eigenvalue weighted by Gasteiger charge is -1.98. The van der Waals surface area contributed by atoms with E-state index in [1.165, 1.54) is 7.11 Å². The predicted octanol–water partition coefficient (Wildman–Crippen LogP) is -0.385. The van der Waals surface area contributed by atoms with Gasteiger partial charge in [0.05, 0.1) is 0 Å². The van der Waals surface area contributed by atoms with Crippen molar-refractivity contribution in [2.45, 2.75) is 6.61 Å². The van der Waals surface area contributed by atoms with Crippen molar-refractivity contribution in [2.75, 3.05) is 7.11 Å². The van der Waals surface area contributed by atoms with E-state index in [0.29, 0.717) is 0 Å². The van der Waals surface area contributed by atoms with Crippen LogP contribution in [0, 0.1) is 0 Å². The summed E-state index contributed by atoms with van der Waals surface area (Å²) in [5.74, 6) is -1.03. The smallest absolute Gasteiger partial charge is 0.354 e. The minimum Gasteiger partial charge on any atom is -0.477 e. The number of nitrogens with one attached hydrogen (secondary N) is 1. The van der Waals surface area contributed by atoms with Crippen LogP contribution in [0.2, 0.25) is 0 Å². The molecule has 0 unspecified atom stereocenters. The molecule has 70 valence electrons. The van der Waals surface area contributed by atoms with Crippen molar-refractivity contribution < 1.29 is 14.6 Å². The normalized spacial score (nSPS) is 9.92. The maximum absolute atomic E-state index is 10.9. The van der Waals surface area contributed by atoms with Gasteiger partial charge >= 0.3 is 5.97 Å². The van der Waals surface area contributed by atoms with Gasteiger partial charge in [-0.15, -0.1) is 0 Å². The molecule has 13 heavy (non-hydrogen) atoms. The Labute approximate surface area is 73.2 Å². The maximum atomic E-state index is 10.9. The zero-order chi connectivity index (χ0) is 9.84. The zero-order valence-corrected chi connectivity index (χ0v) is 6.90. The van der Waals surface area contributed by atoms with Crippen LogP contribution in [0.15, 0.2) is 10.9 Å². The number of aromatic carboxylic acids is 1. The fraction of sp³-hybridized carbons (Fsp3) is 0.286. The van der Waals surface area contributed by atoms with Crippen molar-refractivity contribution >= 4 is 5.97 Å². The molecule has 0 aliphatic heterocycles. The van der Waals surface area contributed by atoms with E-state index in [1.807, 2.05) is 0 Å². The topological polar surface area (TPSA) is 92.3 Å². The van der Waals surface area contributed by atoms with Gasteiger partial charge in [0.25, 0.3) is 5.56 Å². The fourth-order valence-electron chi connectivity index (χ4n) is 0.823. The lowest BCUT2D eigenvalue weighted by Crippen LogP contribution is -2.15. The van der Waals surface area contributed by atoms with E-state index < -0.39 is 11.5 Å². The van der Waals surface area contributed by atoms with Crippen molar-refractivity contribution in [1.29, 1.82) is 0 Å². The maximum Gasteiger partial charge on any atom is 0.354 e. The summed E-state index contributed by atoms with van der Waals surface area (Å²) in [5, 5.41) is 8.55. The van der Waals surface area contributed by atoms with E-state index in [0.717, 1.165) is 6.07 Å². The number of hydrogen-bond donors (Lipinski definition) is 2. The quantitative estimate of drug-likeness (QED) is 0.667. The highest BCUT2D eigenvalue weighted by atomic mass is 16.5. The van der Waals surface area contributed by atoms with E-state index >= 15 is 0 Å². The van der Waals surface area contributed by atoms with E-state index in [-0.39, 0.29) is 18.1 Å². The summed E-state index contributed by atoms with van der Waals surface area (Å²) in [6.45, 7) is 0.0797. The monoisotopic (exact) mass is 184 g/mol. The molecule has 0 bridgehead atoms. The van der Waals surface area contributed by atoms with Crippen LogP contribution in [-0.2, 0) is 11.3 Å². The van der Waals surface area contributed by atoms with Gasteiger partial charge < -0.3 is 14.8 Å². The number of ether oxygens (including phenoxy) is 1. The number of carbonyl (C=O) groups is 1. The first-order valence-electron chi connectivity index (χ1n) is 3.46. The molecule has 0 aliphatic carbocycles. The van der Waals surface area contributed by atoms with Crippen molar-refractivity contribution in [2.24, 2.45) is 0 Å². The molecule has 2 N–H and O–H groups in total. The second kappa shape index (κ2) is 3.81. The molecule has 0 atom stereocenters. The van der Waals surface area contributed by atoms with Crippen LogP contribution >= 0.6 is 0 Å². The molecule has 1 aromatic heterocycles. The number of aromatic nitrogens is 2. The van der Waals surface area contributed by atoms with Crippen LogP contribution in [0.3, 0.4) is 0 Å². The van der Waals surface area contributed by atoms with Crippen molar-refractivity contribution in [1.82, 2.24) is 9.97 Å². The highest BCUT2D eigenvalue weighted by molar-refractivity contribution is 5.85. The van der Waals surface area contributed by atoms with E-state index in [4.69, 9.17) is 9.84 Å². The Morgan fingerprint density at radius 1 is 1.77 bits per heavy atom.